The van der Waals surface area contributed by atoms with Gasteiger partial charge in [0.1, 0.15) is 5.82 Å². The Balaban J connectivity index is 1.56. The van der Waals surface area contributed by atoms with Gasteiger partial charge in [0.15, 0.2) is 0 Å². The predicted molar refractivity (Wildman–Crippen MR) is 156 cm³/mol. The molecule has 13 heteroatoms. The maximum absolute atomic E-state index is 13.8. The van der Waals surface area contributed by atoms with Gasteiger partial charge in [-0.1, -0.05) is 24.3 Å². The van der Waals surface area contributed by atoms with Crippen LogP contribution in [0.2, 0.25) is 0 Å². The van der Waals surface area contributed by atoms with Crippen molar-refractivity contribution in [1.29, 1.82) is 5.26 Å². The molecule has 0 bridgehead atoms. The Hall–Kier alpha value is -3.99. The monoisotopic (exact) mass is 617 g/mol. The normalized spacial score (nSPS) is 16.0. The Morgan fingerprint density at radius 2 is 1.84 bits per heavy atom. The van der Waals surface area contributed by atoms with E-state index in [9.17, 15) is 36.0 Å². The van der Waals surface area contributed by atoms with E-state index in [1.165, 1.54) is 4.90 Å². The van der Waals surface area contributed by atoms with Gasteiger partial charge in [0.2, 0.25) is 10.0 Å². The van der Waals surface area contributed by atoms with E-state index in [0.717, 1.165) is 23.6 Å². The number of anilines is 2. The molecule has 2 N–H and O–H groups in total. The average Bonchev–Trinajstić information content (AvgIpc) is 2.98. The Labute approximate surface area is 248 Å². The average molecular weight is 618 g/mol. The van der Waals surface area contributed by atoms with Crippen molar-refractivity contribution >= 4 is 27.4 Å². The Morgan fingerprint density at radius 3 is 2.51 bits per heavy atom. The summed E-state index contributed by atoms with van der Waals surface area (Å²) in [7, 11) is -3.39. The molecule has 1 aliphatic rings. The molecular weight excluding hydrogens is 586 g/mol. The summed E-state index contributed by atoms with van der Waals surface area (Å²) in [6.07, 6.45) is -3.51. The van der Waals surface area contributed by atoms with Gasteiger partial charge in [-0.15, -0.1) is 0 Å². The van der Waals surface area contributed by atoms with Crippen LogP contribution in [-0.2, 0) is 16.2 Å². The molecule has 0 unspecified atom stereocenters. The lowest BCUT2D eigenvalue weighted by Gasteiger charge is -2.34. The zero-order valence-corrected chi connectivity index (χ0v) is 24.2. The number of alkyl halides is 3. The van der Waals surface area contributed by atoms with Gasteiger partial charge in [0.05, 0.1) is 22.9 Å². The highest BCUT2D eigenvalue weighted by molar-refractivity contribution is 7.89. The quantitative estimate of drug-likeness (QED) is 0.294. The van der Waals surface area contributed by atoms with Crippen LogP contribution in [0, 0.1) is 17.1 Å². The van der Waals surface area contributed by atoms with Crippen LogP contribution in [0.1, 0.15) is 30.9 Å². The molecule has 1 saturated heterocycles. The zero-order valence-electron chi connectivity index (χ0n) is 23.4. The number of hydrogen-bond donors (Lipinski definition) is 2. The van der Waals surface area contributed by atoms with Crippen LogP contribution < -0.4 is 14.9 Å². The molecule has 0 spiro atoms. The summed E-state index contributed by atoms with van der Waals surface area (Å²) in [5, 5.41) is 11.7. The molecular formula is C30H31F4N5O3S. The number of piperidine rings is 1. The maximum atomic E-state index is 13.8. The van der Waals surface area contributed by atoms with Crippen molar-refractivity contribution < 1.29 is 30.8 Å². The highest BCUT2D eigenvalue weighted by Crippen LogP contribution is 2.33. The third-order valence-electron chi connectivity index (χ3n) is 7.14. The lowest BCUT2D eigenvalue weighted by molar-refractivity contribution is -0.139. The second-order valence-corrected chi connectivity index (χ2v) is 12.2. The summed E-state index contributed by atoms with van der Waals surface area (Å²) >= 11 is 0. The Kier molecular flexibility index (Phi) is 10.1. The van der Waals surface area contributed by atoms with Gasteiger partial charge in [-0.25, -0.2) is 22.3 Å². The standard InChI is InChI=1S/C30H31F4N5O3S/c1-2-43(41,42)37-25-7-4-14-38(20-25)15-16-39(29(40)36-24-10-13-28(31)27(18-24)30(32,33)34)26-11-8-22(9-12-26)23-6-3-5-21(17-23)19-35/h3,5-6,8-13,17-18,25,37H,2,4,7,14-16,20H2,1H3,(H,36,40)/t25-/m1/s1. The van der Waals surface area contributed by atoms with Crippen molar-refractivity contribution in [3.8, 4) is 17.2 Å². The van der Waals surface area contributed by atoms with E-state index < -0.39 is 33.6 Å². The molecule has 43 heavy (non-hydrogen) atoms. The molecule has 8 nitrogen and oxygen atoms in total. The van der Waals surface area contributed by atoms with Crippen molar-refractivity contribution in [2.24, 2.45) is 0 Å². The molecule has 3 aromatic rings. The number of hydrogen-bond acceptors (Lipinski definition) is 5. The predicted octanol–water partition coefficient (Wildman–Crippen LogP) is 5.83. The van der Waals surface area contributed by atoms with E-state index in [0.29, 0.717) is 49.4 Å². The highest BCUT2D eigenvalue weighted by Gasteiger charge is 2.34. The van der Waals surface area contributed by atoms with Gasteiger partial charge in [0.25, 0.3) is 0 Å². The number of urea groups is 1. The van der Waals surface area contributed by atoms with E-state index in [4.69, 9.17) is 0 Å². The summed E-state index contributed by atoms with van der Waals surface area (Å²) in [6, 6.07) is 17.3. The fourth-order valence-corrected chi connectivity index (χ4v) is 5.76. The SMILES string of the molecule is CCS(=O)(=O)N[C@@H]1CCCN(CCN(C(=O)Nc2ccc(F)c(C(F)(F)F)c2)c2ccc(-c3cccc(C#N)c3)cc2)C1. The lowest BCUT2D eigenvalue weighted by atomic mass is 10.0. The number of nitriles is 1. The van der Waals surface area contributed by atoms with E-state index in [-0.39, 0.29) is 24.0 Å². The minimum Gasteiger partial charge on any atom is -0.308 e. The lowest BCUT2D eigenvalue weighted by Crippen LogP contribution is -2.50. The van der Waals surface area contributed by atoms with Gasteiger partial charge in [-0.3, -0.25) is 9.80 Å². The van der Waals surface area contributed by atoms with Crippen LogP contribution in [-0.4, -0.2) is 57.3 Å². The smallest absolute Gasteiger partial charge is 0.308 e. The van der Waals surface area contributed by atoms with Crippen LogP contribution in [0.4, 0.5) is 33.7 Å². The van der Waals surface area contributed by atoms with Crippen molar-refractivity contribution in [3.63, 3.8) is 0 Å². The fourth-order valence-electron chi connectivity index (χ4n) is 4.89. The summed E-state index contributed by atoms with van der Waals surface area (Å²) < 4.78 is 80.5. The molecule has 228 valence electrons. The zero-order chi connectivity index (χ0) is 31.2. The molecule has 0 aliphatic carbocycles. The summed E-state index contributed by atoms with van der Waals surface area (Å²) in [6.45, 7) is 3.18. The van der Waals surface area contributed by atoms with Crippen molar-refractivity contribution in [1.82, 2.24) is 9.62 Å². The van der Waals surface area contributed by atoms with Crippen LogP contribution in [0.3, 0.4) is 0 Å². The topological polar surface area (TPSA) is 106 Å². The molecule has 4 rings (SSSR count). The summed E-state index contributed by atoms with van der Waals surface area (Å²) in [5.74, 6) is -1.48. The van der Waals surface area contributed by atoms with Gasteiger partial charge >= 0.3 is 12.2 Å². The first-order valence-electron chi connectivity index (χ1n) is 13.7. The number of amides is 2. The van der Waals surface area contributed by atoms with Gasteiger partial charge in [0, 0.05) is 37.1 Å². The number of nitrogens with zero attached hydrogens (tertiary/aromatic N) is 3. The number of nitrogens with one attached hydrogen (secondary N) is 2. The van der Waals surface area contributed by atoms with Gasteiger partial charge in [-0.05, 0) is 79.9 Å². The Bertz CT molecular complexity index is 1590. The molecule has 0 aromatic heterocycles. The largest absolute Gasteiger partial charge is 0.419 e. The number of benzene rings is 3. The van der Waals surface area contributed by atoms with E-state index in [1.807, 2.05) is 11.0 Å². The number of carbonyl (C=O) groups excluding carboxylic acids is 1. The fraction of sp³-hybridized carbons (Fsp3) is 0.333. The number of sulfonamides is 1. The minimum atomic E-state index is -4.94. The first-order chi connectivity index (χ1) is 20.4. The van der Waals surface area contributed by atoms with Gasteiger partial charge < -0.3 is 5.32 Å². The van der Waals surface area contributed by atoms with Crippen molar-refractivity contribution in [2.75, 3.05) is 42.1 Å². The molecule has 1 heterocycles. The molecule has 1 aliphatic heterocycles. The van der Waals surface area contributed by atoms with Crippen LogP contribution in [0.5, 0.6) is 0 Å². The summed E-state index contributed by atoms with van der Waals surface area (Å²) in [4.78, 5) is 16.8. The van der Waals surface area contributed by atoms with Gasteiger partial charge in [-0.2, -0.15) is 18.4 Å². The molecule has 2 amide bonds. The first kappa shape index (κ1) is 31.9. The molecule has 0 saturated carbocycles. The molecule has 1 atom stereocenters. The second kappa shape index (κ2) is 13.5. The molecule has 1 fully saturated rings. The number of likely N-dealkylation sites (tertiary alicyclic amines) is 1. The maximum Gasteiger partial charge on any atom is 0.419 e. The Morgan fingerprint density at radius 1 is 1.09 bits per heavy atom. The number of rotatable bonds is 9. The first-order valence-corrected chi connectivity index (χ1v) is 15.3. The van der Waals surface area contributed by atoms with Crippen molar-refractivity contribution in [2.45, 2.75) is 32.0 Å². The molecule has 3 aromatic carbocycles. The third kappa shape index (κ3) is 8.53. The van der Waals surface area contributed by atoms with E-state index >= 15 is 0 Å². The summed E-state index contributed by atoms with van der Waals surface area (Å²) in [5.41, 5.74) is 0.811. The molecule has 0 radical (unpaired) electrons. The number of halogens is 4. The highest BCUT2D eigenvalue weighted by atomic mass is 32.2. The minimum absolute atomic E-state index is 0.0340. The van der Waals surface area contributed by atoms with E-state index in [2.05, 4.69) is 16.1 Å². The van der Waals surface area contributed by atoms with E-state index in [1.54, 1.807) is 49.4 Å². The van der Waals surface area contributed by atoms with Crippen LogP contribution in [0.25, 0.3) is 11.1 Å². The third-order valence-corrected chi connectivity index (χ3v) is 8.60. The van der Waals surface area contributed by atoms with Crippen LogP contribution in [0.15, 0.2) is 66.7 Å². The second-order valence-electron chi connectivity index (χ2n) is 10.2. The number of carbonyl (C=O) groups is 1. The van der Waals surface area contributed by atoms with Crippen LogP contribution >= 0.6 is 0 Å². The van der Waals surface area contributed by atoms with Crippen molar-refractivity contribution in [3.05, 3.63) is 83.7 Å².